The minimum Gasteiger partial charge on any atom is -0.370 e. The molecule has 20 heavy (non-hydrogen) atoms. The Morgan fingerprint density at radius 2 is 1.85 bits per heavy atom. The monoisotopic (exact) mass is 290 g/mol. The van der Waals surface area contributed by atoms with Crippen molar-refractivity contribution < 1.29 is 0 Å². The first-order chi connectivity index (χ1) is 9.78. The van der Waals surface area contributed by atoms with Crippen molar-refractivity contribution in [2.45, 2.75) is 19.8 Å². The molecule has 0 atom stereocenters. The number of nitrogens with zero attached hydrogens (tertiary/aromatic N) is 2. The van der Waals surface area contributed by atoms with Crippen LogP contribution >= 0.6 is 11.6 Å². The van der Waals surface area contributed by atoms with E-state index in [9.17, 15) is 0 Å². The van der Waals surface area contributed by atoms with Crippen molar-refractivity contribution in [1.29, 1.82) is 0 Å². The Balaban J connectivity index is 1.82. The Morgan fingerprint density at radius 3 is 2.60 bits per heavy atom. The summed E-state index contributed by atoms with van der Waals surface area (Å²) in [6.07, 6.45) is 3.74. The highest BCUT2D eigenvalue weighted by molar-refractivity contribution is 6.30. The van der Waals surface area contributed by atoms with Gasteiger partial charge in [0.15, 0.2) is 0 Å². The van der Waals surface area contributed by atoms with E-state index in [-0.39, 0.29) is 0 Å². The van der Waals surface area contributed by atoms with Crippen molar-refractivity contribution in [2.24, 2.45) is 0 Å². The van der Waals surface area contributed by atoms with Crippen LogP contribution in [0.15, 0.2) is 36.5 Å². The van der Waals surface area contributed by atoms with Crippen molar-refractivity contribution in [3.05, 3.63) is 47.1 Å². The average Bonchev–Trinajstić information content (AvgIpc) is 2.48. The van der Waals surface area contributed by atoms with Gasteiger partial charge in [0.1, 0.15) is 5.82 Å². The molecule has 2 aromatic rings. The van der Waals surface area contributed by atoms with Crippen LogP contribution in [-0.2, 0) is 6.42 Å². The number of hydrogen-bond acceptors (Lipinski definition) is 4. The van der Waals surface area contributed by atoms with Crippen molar-refractivity contribution >= 4 is 23.4 Å². The lowest BCUT2D eigenvalue weighted by Crippen LogP contribution is -2.09. The largest absolute Gasteiger partial charge is 0.370 e. The number of hydrogen-bond donors (Lipinski definition) is 2. The summed E-state index contributed by atoms with van der Waals surface area (Å²) in [4.78, 5) is 8.58. The number of nitrogens with one attached hydrogen (secondary N) is 2. The van der Waals surface area contributed by atoms with E-state index < -0.39 is 0 Å². The molecule has 2 N–H and O–H groups in total. The summed E-state index contributed by atoms with van der Waals surface area (Å²) >= 11 is 5.86. The van der Waals surface area contributed by atoms with Gasteiger partial charge in [0, 0.05) is 24.3 Å². The van der Waals surface area contributed by atoms with Crippen LogP contribution in [0.1, 0.15) is 18.9 Å². The smallest absolute Gasteiger partial charge is 0.224 e. The first kappa shape index (κ1) is 14.6. The fraction of sp³-hybridized carbons (Fsp3) is 0.333. The van der Waals surface area contributed by atoms with Gasteiger partial charge in [0.05, 0.1) is 0 Å². The molecule has 0 spiro atoms. The predicted octanol–water partition coefficient (Wildman–Crippen LogP) is 3.61. The molecule has 0 unspecified atom stereocenters. The van der Waals surface area contributed by atoms with E-state index in [1.807, 2.05) is 30.3 Å². The van der Waals surface area contributed by atoms with Gasteiger partial charge in [-0.25, -0.2) is 4.98 Å². The summed E-state index contributed by atoms with van der Waals surface area (Å²) in [6.45, 7) is 3.82. The fourth-order valence-electron chi connectivity index (χ4n) is 1.77. The number of halogens is 1. The van der Waals surface area contributed by atoms with Crippen LogP contribution in [0.2, 0.25) is 5.02 Å². The molecule has 4 nitrogen and oxygen atoms in total. The standard InChI is InChI=1S/C15H19ClN4/c1-2-9-18-15-19-11-8-14(20-15)17-10-7-12-3-5-13(16)6-4-12/h3-6,8,11H,2,7,9-10H2,1H3,(H2,17,18,19,20). The van der Waals surface area contributed by atoms with Gasteiger partial charge in [-0.1, -0.05) is 30.7 Å². The number of rotatable bonds is 7. The van der Waals surface area contributed by atoms with Gasteiger partial charge < -0.3 is 10.6 Å². The second-order valence-electron chi connectivity index (χ2n) is 4.50. The molecule has 0 fully saturated rings. The Kier molecular flexibility index (Phi) is 5.62. The number of anilines is 2. The molecule has 1 aromatic heterocycles. The molecule has 1 heterocycles. The van der Waals surface area contributed by atoms with Crippen molar-refractivity contribution in [3.8, 4) is 0 Å². The van der Waals surface area contributed by atoms with Gasteiger partial charge in [-0.2, -0.15) is 4.98 Å². The normalized spacial score (nSPS) is 10.3. The second kappa shape index (κ2) is 7.70. The molecule has 106 valence electrons. The summed E-state index contributed by atoms with van der Waals surface area (Å²) in [5.74, 6) is 1.51. The molecule has 1 aromatic carbocycles. The first-order valence-electron chi connectivity index (χ1n) is 6.83. The van der Waals surface area contributed by atoms with Gasteiger partial charge in [-0.15, -0.1) is 0 Å². The van der Waals surface area contributed by atoms with E-state index in [0.29, 0.717) is 5.95 Å². The van der Waals surface area contributed by atoms with Crippen LogP contribution in [0.3, 0.4) is 0 Å². The van der Waals surface area contributed by atoms with Gasteiger partial charge in [-0.05, 0) is 36.6 Å². The maximum atomic E-state index is 5.86. The van der Waals surface area contributed by atoms with Crippen LogP contribution in [0.25, 0.3) is 0 Å². The topological polar surface area (TPSA) is 49.8 Å². The third-order valence-electron chi connectivity index (χ3n) is 2.82. The quantitative estimate of drug-likeness (QED) is 0.818. The summed E-state index contributed by atoms with van der Waals surface area (Å²) in [5.41, 5.74) is 1.25. The summed E-state index contributed by atoms with van der Waals surface area (Å²) in [5, 5.41) is 7.24. The molecule has 0 aliphatic carbocycles. The Hall–Kier alpha value is -1.81. The lowest BCUT2D eigenvalue weighted by Gasteiger charge is -2.08. The zero-order valence-corrected chi connectivity index (χ0v) is 12.3. The fourth-order valence-corrected chi connectivity index (χ4v) is 1.89. The van der Waals surface area contributed by atoms with Crippen LogP contribution < -0.4 is 10.6 Å². The highest BCUT2D eigenvalue weighted by Crippen LogP contribution is 2.10. The third kappa shape index (κ3) is 4.70. The average molecular weight is 291 g/mol. The molecule has 0 aliphatic rings. The van der Waals surface area contributed by atoms with Gasteiger partial charge in [0.25, 0.3) is 0 Å². The number of benzene rings is 1. The van der Waals surface area contributed by atoms with E-state index in [1.54, 1.807) is 6.20 Å². The molecule has 5 heteroatoms. The lowest BCUT2D eigenvalue weighted by molar-refractivity contribution is 0.946. The summed E-state index contributed by atoms with van der Waals surface area (Å²) in [6, 6.07) is 9.78. The van der Waals surface area contributed by atoms with E-state index in [1.165, 1.54) is 5.56 Å². The third-order valence-corrected chi connectivity index (χ3v) is 3.07. The van der Waals surface area contributed by atoms with E-state index >= 15 is 0 Å². The Morgan fingerprint density at radius 1 is 1.05 bits per heavy atom. The van der Waals surface area contributed by atoms with Crippen LogP contribution in [0, 0.1) is 0 Å². The van der Waals surface area contributed by atoms with Crippen LogP contribution in [0.5, 0.6) is 0 Å². The molecule has 0 saturated heterocycles. The number of aromatic nitrogens is 2. The Bertz CT molecular complexity index is 528. The molecular formula is C15H19ClN4. The summed E-state index contributed by atoms with van der Waals surface area (Å²) < 4.78 is 0. The molecule has 0 bridgehead atoms. The van der Waals surface area contributed by atoms with E-state index in [2.05, 4.69) is 27.5 Å². The van der Waals surface area contributed by atoms with Crippen LogP contribution in [-0.4, -0.2) is 23.1 Å². The lowest BCUT2D eigenvalue weighted by atomic mass is 10.1. The molecule has 0 amide bonds. The zero-order chi connectivity index (χ0) is 14.2. The maximum Gasteiger partial charge on any atom is 0.224 e. The second-order valence-corrected chi connectivity index (χ2v) is 4.93. The van der Waals surface area contributed by atoms with Crippen molar-refractivity contribution in [2.75, 3.05) is 23.7 Å². The zero-order valence-electron chi connectivity index (χ0n) is 11.6. The molecule has 0 saturated carbocycles. The van der Waals surface area contributed by atoms with E-state index in [4.69, 9.17) is 11.6 Å². The SMILES string of the molecule is CCCNc1nccc(NCCc2ccc(Cl)cc2)n1. The molecular weight excluding hydrogens is 272 g/mol. The highest BCUT2D eigenvalue weighted by Gasteiger charge is 1.98. The predicted molar refractivity (Wildman–Crippen MR) is 84.5 cm³/mol. The van der Waals surface area contributed by atoms with Crippen LogP contribution in [0.4, 0.5) is 11.8 Å². The van der Waals surface area contributed by atoms with Gasteiger partial charge in [-0.3, -0.25) is 0 Å². The minimum atomic E-state index is 0.670. The maximum absolute atomic E-state index is 5.86. The molecule has 0 radical (unpaired) electrons. The molecule has 2 rings (SSSR count). The van der Waals surface area contributed by atoms with Crippen molar-refractivity contribution in [1.82, 2.24) is 9.97 Å². The van der Waals surface area contributed by atoms with Gasteiger partial charge >= 0.3 is 0 Å². The van der Waals surface area contributed by atoms with Gasteiger partial charge in [0.2, 0.25) is 5.95 Å². The summed E-state index contributed by atoms with van der Waals surface area (Å²) in [7, 11) is 0. The van der Waals surface area contributed by atoms with E-state index in [0.717, 1.165) is 36.8 Å². The first-order valence-corrected chi connectivity index (χ1v) is 7.21. The highest BCUT2D eigenvalue weighted by atomic mass is 35.5. The minimum absolute atomic E-state index is 0.670. The molecule has 0 aliphatic heterocycles. The van der Waals surface area contributed by atoms with Crippen molar-refractivity contribution in [3.63, 3.8) is 0 Å². The Labute approximate surface area is 124 Å².